The summed E-state index contributed by atoms with van der Waals surface area (Å²) in [6.45, 7) is 0.274. The van der Waals surface area contributed by atoms with Gasteiger partial charge in [-0.2, -0.15) is 0 Å². The molecule has 0 fully saturated rings. The summed E-state index contributed by atoms with van der Waals surface area (Å²) in [6, 6.07) is 16.1. The van der Waals surface area contributed by atoms with Crippen molar-refractivity contribution in [3.8, 4) is 0 Å². The second-order valence-corrected chi connectivity index (χ2v) is 5.73. The van der Waals surface area contributed by atoms with E-state index >= 15 is 0 Å². The van der Waals surface area contributed by atoms with Gasteiger partial charge in [0.05, 0.1) is 0 Å². The van der Waals surface area contributed by atoms with Crippen molar-refractivity contribution in [1.82, 2.24) is 5.32 Å². The Balaban J connectivity index is 1.91. The lowest BCUT2D eigenvalue weighted by Gasteiger charge is -2.17. The number of benzene rings is 2. The molecule has 24 heavy (non-hydrogen) atoms. The van der Waals surface area contributed by atoms with E-state index in [-0.39, 0.29) is 19.1 Å². The van der Waals surface area contributed by atoms with Gasteiger partial charge in [0.15, 0.2) is 0 Å². The van der Waals surface area contributed by atoms with Crippen molar-refractivity contribution in [3.63, 3.8) is 0 Å². The quantitative estimate of drug-likeness (QED) is 0.703. The maximum Gasteiger partial charge on any atom is 0.313 e. The molecule has 0 aliphatic carbocycles. The van der Waals surface area contributed by atoms with Crippen LogP contribution >= 0.6 is 11.6 Å². The van der Waals surface area contributed by atoms with E-state index in [1.165, 1.54) is 0 Å². The number of carbonyl (C=O) groups is 2. The van der Waals surface area contributed by atoms with Gasteiger partial charge in [-0.1, -0.05) is 48.0 Å². The van der Waals surface area contributed by atoms with Crippen molar-refractivity contribution in [1.29, 1.82) is 0 Å². The maximum atomic E-state index is 12.0. The van der Waals surface area contributed by atoms with Gasteiger partial charge in [0.25, 0.3) is 0 Å². The zero-order valence-corrected chi connectivity index (χ0v) is 13.8. The van der Waals surface area contributed by atoms with Gasteiger partial charge in [-0.15, -0.1) is 0 Å². The van der Waals surface area contributed by atoms with Crippen molar-refractivity contribution in [2.24, 2.45) is 0 Å². The molecule has 0 saturated heterocycles. The Kier molecular flexibility index (Phi) is 6.78. The molecule has 3 N–H and O–H groups in total. The Morgan fingerprint density at radius 1 is 1.04 bits per heavy atom. The van der Waals surface area contributed by atoms with E-state index in [9.17, 15) is 14.7 Å². The highest BCUT2D eigenvalue weighted by Gasteiger charge is 2.17. The number of anilines is 1. The van der Waals surface area contributed by atoms with E-state index in [1.54, 1.807) is 24.3 Å². The van der Waals surface area contributed by atoms with E-state index in [2.05, 4.69) is 10.6 Å². The molecule has 6 heteroatoms. The minimum atomic E-state index is -0.756. The molecule has 0 spiro atoms. The summed E-state index contributed by atoms with van der Waals surface area (Å²) >= 11 is 5.84. The standard InChI is InChI=1S/C18H19ClN2O3/c19-15-7-4-8-16(11-15)21-18(24)17(23)20-12-14(9-10-22)13-5-2-1-3-6-13/h1-8,11,14,22H,9-10,12H2,(H,20,23)(H,21,24). The lowest BCUT2D eigenvalue weighted by Crippen LogP contribution is -2.37. The Hall–Kier alpha value is -2.37. The summed E-state index contributed by atoms with van der Waals surface area (Å²) in [5.74, 6) is -1.54. The first-order valence-electron chi connectivity index (χ1n) is 7.60. The fraction of sp³-hybridized carbons (Fsp3) is 0.222. The number of carbonyl (C=O) groups excluding carboxylic acids is 2. The van der Waals surface area contributed by atoms with Crippen molar-refractivity contribution >= 4 is 29.1 Å². The largest absolute Gasteiger partial charge is 0.396 e. The number of halogens is 1. The first-order valence-corrected chi connectivity index (χ1v) is 7.98. The molecular weight excluding hydrogens is 328 g/mol. The minimum absolute atomic E-state index is 0.00411. The van der Waals surface area contributed by atoms with Crippen LogP contribution in [0.4, 0.5) is 5.69 Å². The summed E-state index contributed by atoms with van der Waals surface area (Å²) in [5, 5.41) is 14.8. The lowest BCUT2D eigenvalue weighted by atomic mass is 9.96. The van der Waals surface area contributed by atoms with Crippen LogP contribution < -0.4 is 10.6 Å². The van der Waals surface area contributed by atoms with Gasteiger partial charge in [-0.3, -0.25) is 9.59 Å². The van der Waals surface area contributed by atoms with Crippen LogP contribution in [0.3, 0.4) is 0 Å². The average Bonchev–Trinajstić information content (AvgIpc) is 2.59. The van der Waals surface area contributed by atoms with Gasteiger partial charge in [0, 0.05) is 29.8 Å². The highest BCUT2D eigenvalue weighted by atomic mass is 35.5. The second kappa shape index (κ2) is 9.05. The number of hydrogen-bond donors (Lipinski definition) is 3. The van der Waals surface area contributed by atoms with Gasteiger partial charge in [-0.25, -0.2) is 0 Å². The molecule has 5 nitrogen and oxygen atoms in total. The molecule has 2 rings (SSSR count). The third-order valence-corrected chi connectivity index (χ3v) is 3.78. The molecular formula is C18H19ClN2O3. The molecule has 0 bridgehead atoms. The Bertz CT molecular complexity index is 692. The summed E-state index contributed by atoms with van der Waals surface area (Å²) in [4.78, 5) is 23.9. The predicted molar refractivity (Wildman–Crippen MR) is 94.0 cm³/mol. The van der Waals surface area contributed by atoms with Crippen LogP contribution in [0.15, 0.2) is 54.6 Å². The topological polar surface area (TPSA) is 78.4 Å². The average molecular weight is 347 g/mol. The molecule has 0 heterocycles. The molecule has 2 aromatic rings. The van der Waals surface area contributed by atoms with Crippen molar-refractivity contribution in [2.45, 2.75) is 12.3 Å². The van der Waals surface area contributed by atoms with E-state index in [0.29, 0.717) is 17.1 Å². The van der Waals surface area contributed by atoms with Gasteiger partial charge >= 0.3 is 11.8 Å². The van der Waals surface area contributed by atoms with Crippen LogP contribution in [0.25, 0.3) is 0 Å². The number of hydrogen-bond acceptors (Lipinski definition) is 3. The van der Waals surface area contributed by atoms with Gasteiger partial charge in [0.1, 0.15) is 0 Å². The van der Waals surface area contributed by atoms with E-state index in [4.69, 9.17) is 11.6 Å². The SMILES string of the molecule is O=C(NCC(CCO)c1ccccc1)C(=O)Nc1cccc(Cl)c1. The van der Waals surface area contributed by atoms with Gasteiger partial charge < -0.3 is 15.7 Å². The fourth-order valence-electron chi connectivity index (χ4n) is 2.32. The Labute approximate surface area is 145 Å². The molecule has 0 radical (unpaired) electrons. The maximum absolute atomic E-state index is 12.0. The van der Waals surface area contributed by atoms with Gasteiger partial charge in [-0.05, 0) is 30.2 Å². The molecule has 0 aliphatic rings. The van der Waals surface area contributed by atoms with Crippen LogP contribution in [-0.4, -0.2) is 30.1 Å². The first kappa shape index (κ1) is 18.0. The number of aliphatic hydroxyl groups is 1. The third-order valence-electron chi connectivity index (χ3n) is 3.55. The zero-order chi connectivity index (χ0) is 17.4. The van der Waals surface area contributed by atoms with E-state index < -0.39 is 11.8 Å². The number of rotatable bonds is 6. The normalized spacial score (nSPS) is 11.6. The molecule has 0 aliphatic heterocycles. The van der Waals surface area contributed by atoms with Crippen LogP contribution in [0.5, 0.6) is 0 Å². The molecule has 0 aromatic heterocycles. The monoisotopic (exact) mass is 346 g/mol. The second-order valence-electron chi connectivity index (χ2n) is 5.29. The fourth-order valence-corrected chi connectivity index (χ4v) is 2.51. The molecule has 0 saturated carbocycles. The molecule has 2 aromatic carbocycles. The summed E-state index contributed by atoms with van der Waals surface area (Å²) < 4.78 is 0. The Morgan fingerprint density at radius 3 is 2.46 bits per heavy atom. The smallest absolute Gasteiger partial charge is 0.313 e. The highest BCUT2D eigenvalue weighted by Crippen LogP contribution is 2.18. The van der Waals surface area contributed by atoms with Gasteiger partial charge in [0.2, 0.25) is 0 Å². The molecule has 126 valence electrons. The number of nitrogens with one attached hydrogen (secondary N) is 2. The van der Waals surface area contributed by atoms with Crippen LogP contribution in [0.2, 0.25) is 5.02 Å². The van der Waals surface area contributed by atoms with E-state index in [1.807, 2.05) is 30.3 Å². The first-order chi connectivity index (χ1) is 11.6. The predicted octanol–water partition coefficient (Wildman–Crippen LogP) is 2.56. The molecule has 1 unspecified atom stereocenters. The minimum Gasteiger partial charge on any atom is -0.396 e. The van der Waals surface area contributed by atoms with Crippen molar-refractivity contribution in [3.05, 3.63) is 65.2 Å². The zero-order valence-electron chi connectivity index (χ0n) is 13.0. The van der Waals surface area contributed by atoms with Crippen LogP contribution in [-0.2, 0) is 9.59 Å². The highest BCUT2D eigenvalue weighted by molar-refractivity contribution is 6.39. The lowest BCUT2D eigenvalue weighted by molar-refractivity contribution is -0.136. The molecule has 1 atom stereocenters. The van der Waals surface area contributed by atoms with E-state index in [0.717, 1.165) is 5.56 Å². The molecule has 2 amide bonds. The summed E-state index contributed by atoms with van der Waals surface area (Å²) in [6.07, 6.45) is 0.500. The Morgan fingerprint density at radius 2 is 1.79 bits per heavy atom. The third kappa shape index (κ3) is 5.37. The summed E-state index contributed by atoms with van der Waals surface area (Å²) in [5.41, 5.74) is 1.46. The van der Waals surface area contributed by atoms with Crippen LogP contribution in [0.1, 0.15) is 17.9 Å². The number of amides is 2. The summed E-state index contributed by atoms with van der Waals surface area (Å²) in [7, 11) is 0. The van der Waals surface area contributed by atoms with Crippen molar-refractivity contribution < 1.29 is 14.7 Å². The van der Waals surface area contributed by atoms with Crippen molar-refractivity contribution in [2.75, 3.05) is 18.5 Å². The number of aliphatic hydroxyl groups excluding tert-OH is 1. The van der Waals surface area contributed by atoms with Crippen LogP contribution in [0, 0.1) is 0 Å².